The molecule has 1 unspecified atom stereocenters. The smallest absolute Gasteiger partial charge is 0.117 e. The van der Waals surface area contributed by atoms with Gasteiger partial charge in [0.1, 0.15) is 5.76 Å². The molecule has 2 aromatic rings. The van der Waals surface area contributed by atoms with Crippen LogP contribution >= 0.6 is 0 Å². The molecule has 1 heterocycles. The van der Waals surface area contributed by atoms with Gasteiger partial charge >= 0.3 is 0 Å². The molecule has 3 heteroatoms. The minimum absolute atomic E-state index is 0.0820. The first-order chi connectivity index (χ1) is 10.1. The van der Waals surface area contributed by atoms with Crippen LogP contribution in [0.1, 0.15) is 25.2 Å². The van der Waals surface area contributed by atoms with Crippen LogP contribution in [0.5, 0.6) is 0 Å². The van der Waals surface area contributed by atoms with Crippen LogP contribution in [-0.4, -0.2) is 31.6 Å². The standard InChI is InChI=1S/C18H26N2O/c1-4-19-14-18(2,16-9-6-5-7-10-16)15-20(3)13-17-11-8-12-21-17/h5-12,19H,4,13-15H2,1-3H3. The second-order valence-electron chi connectivity index (χ2n) is 5.96. The van der Waals surface area contributed by atoms with Gasteiger partial charge in [-0.05, 0) is 31.3 Å². The summed E-state index contributed by atoms with van der Waals surface area (Å²) in [6, 6.07) is 14.7. The molecule has 0 saturated carbocycles. The zero-order valence-corrected chi connectivity index (χ0v) is 13.3. The van der Waals surface area contributed by atoms with Crippen LogP contribution in [0.15, 0.2) is 53.1 Å². The fraction of sp³-hybridized carbons (Fsp3) is 0.444. The van der Waals surface area contributed by atoms with Crippen LogP contribution in [0.4, 0.5) is 0 Å². The molecule has 0 spiro atoms. The highest BCUT2D eigenvalue weighted by Gasteiger charge is 2.27. The second kappa shape index (κ2) is 7.43. The molecule has 0 aliphatic rings. The third-order valence-electron chi connectivity index (χ3n) is 3.86. The highest BCUT2D eigenvalue weighted by molar-refractivity contribution is 5.25. The van der Waals surface area contributed by atoms with Crippen molar-refractivity contribution in [3.63, 3.8) is 0 Å². The van der Waals surface area contributed by atoms with Gasteiger partial charge in [-0.1, -0.05) is 44.2 Å². The second-order valence-corrected chi connectivity index (χ2v) is 5.96. The van der Waals surface area contributed by atoms with Gasteiger partial charge in [-0.2, -0.15) is 0 Å². The van der Waals surface area contributed by atoms with E-state index in [0.717, 1.165) is 31.9 Å². The number of nitrogens with zero attached hydrogens (tertiary/aromatic N) is 1. The lowest BCUT2D eigenvalue weighted by atomic mass is 9.81. The maximum Gasteiger partial charge on any atom is 0.117 e. The van der Waals surface area contributed by atoms with Gasteiger partial charge in [0.05, 0.1) is 12.8 Å². The molecule has 1 N–H and O–H groups in total. The number of hydrogen-bond acceptors (Lipinski definition) is 3. The fourth-order valence-electron chi connectivity index (χ4n) is 2.81. The Morgan fingerprint density at radius 3 is 2.52 bits per heavy atom. The van der Waals surface area contributed by atoms with E-state index in [0.29, 0.717) is 0 Å². The Morgan fingerprint density at radius 1 is 1.14 bits per heavy atom. The van der Waals surface area contributed by atoms with Gasteiger partial charge in [-0.25, -0.2) is 0 Å². The molecule has 0 radical (unpaired) electrons. The molecule has 0 fully saturated rings. The molecule has 0 amide bonds. The maximum atomic E-state index is 5.45. The lowest BCUT2D eigenvalue weighted by Gasteiger charge is -2.34. The van der Waals surface area contributed by atoms with Gasteiger partial charge in [-0.15, -0.1) is 0 Å². The van der Waals surface area contributed by atoms with Crippen molar-refractivity contribution in [3.8, 4) is 0 Å². The van der Waals surface area contributed by atoms with Gasteiger partial charge in [0, 0.05) is 18.5 Å². The van der Waals surface area contributed by atoms with Crippen molar-refractivity contribution in [2.24, 2.45) is 0 Å². The first-order valence-electron chi connectivity index (χ1n) is 7.61. The van der Waals surface area contributed by atoms with Crippen LogP contribution in [0.25, 0.3) is 0 Å². The number of likely N-dealkylation sites (N-methyl/N-ethyl adjacent to an activating group) is 2. The Morgan fingerprint density at radius 2 is 1.90 bits per heavy atom. The van der Waals surface area contributed by atoms with E-state index in [4.69, 9.17) is 4.42 Å². The molecule has 0 aliphatic heterocycles. The maximum absolute atomic E-state index is 5.45. The van der Waals surface area contributed by atoms with Gasteiger partial charge in [0.2, 0.25) is 0 Å². The predicted molar refractivity (Wildman–Crippen MR) is 87.4 cm³/mol. The average molecular weight is 286 g/mol. The van der Waals surface area contributed by atoms with Gasteiger partial charge < -0.3 is 9.73 Å². The Kier molecular flexibility index (Phi) is 5.59. The quantitative estimate of drug-likeness (QED) is 0.807. The van der Waals surface area contributed by atoms with Gasteiger partial charge in [-0.3, -0.25) is 4.90 Å². The summed E-state index contributed by atoms with van der Waals surface area (Å²) < 4.78 is 5.45. The lowest BCUT2D eigenvalue weighted by molar-refractivity contribution is 0.228. The third kappa shape index (κ3) is 4.45. The molecule has 114 valence electrons. The van der Waals surface area contributed by atoms with E-state index in [9.17, 15) is 0 Å². The topological polar surface area (TPSA) is 28.4 Å². The highest BCUT2D eigenvalue weighted by atomic mass is 16.3. The summed E-state index contributed by atoms with van der Waals surface area (Å²) in [5, 5.41) is 3.50. The molecule has 0 aliphatic carbocycles. The SMILES string of the molecule is CCNCC(C)(CN(C)Cc1ccco1)c1ccccc1. The van der Waals surface area contributed by atoms with Crippen LogP contribution < -0.4 is 5.32 Å². The molecule has 1 aromatic carbocycles. The lowest BCUT2D eigenvalue weighted by Crippen LogP contribution is -2.44. The zero-order valence-electron chi connectivity index (χ0n) is 13.3. The van der Waals surface area contributed by atoms with Crippen LogP contribution in [0, 0.1) is 0 Å². The third-order valence-corrected chi connectivity index (χ3v) is 3.86. The summed E-state index contributed by atoms with van der Waals surface area (Å²) in [6.45, 7) is 8.24. The van der Waals surface area contributed by atoms with Crippen molar-refractivity contribution in [2.45, 2.75) is 25.8 Å². The number of nitrogens with one attached hydrogen (secondary N) is 1. The van der Waals surface area contributed by atoms with Crippen molar-refractivity contribution < 1.29 is 4.42 Å². The predicted octanol–water partition coefficient (Wildman–Crippen LogP) is 3.28. The summed E-state index contributed by atoms with van der Waals surface area (Å²) in [7, 11) is 2.15. The average Bonchev–Trinajstić information content (AvgIpc) is 2.99. The Balaban J connectivity index is 2.08. The molecule has 1 atom stereocenters. The van der Waals surface area contributed by atoms with E-state index in [-0.39, 0.29) is 5.41 Å². The number of hydrogen-bond donors (Lipinski definition) is 1. The summed E-state index contributed by atoms with van der Waals surface area (Å²) in [5.74, 6) is 1.01. The number of rotatable bonds is 8. The molecule has 1 aromatic heterocycles. The van der Waals surface area contributed by atoms with Crippen molar-refractivity contribution in [1.29, 1.82) is 0 Å². The molecular weight excluding hydrogens is 260 g/mol. The van der Waals surface area contributed by atoms with E-state index in [1.54, 1.807) is 6.26 Å². The molecule has 0 bridgehead atoms. The molecule has 2 rings (SSSR count). The Bertz CT molecular complexity index is 509. The molecule has 0 saturated heterocycles. The van der Waals surface area contributed by atoms with Crippen LogP contribution in [0.2, 0.25) is 0 Å². The van der Waals surface area contributed by atoms with Crippen molar-refractivity contribution in [1.82, 2.24) is 10.2 Å². The molecular formula is C18H26N2O. The number of furan rings is 1. The first kappa shape index (κ1) is 15.8. The van der Waals surface area contributed by atoms with E-state index in [1.807, 2.05) is 12.1 Å². The summed E-state index contributed by atoms with van der Waals surface area (Å²) in [4.78, 5) is 2.32. The normalized spacial score (nSPS) is 14.3. The minimum Gasteiger partial charge on any atom is -0.468 e. The number of benzene rings is 1. The van der Waals surface area contributed by atoms with Crippen molar-refractivity contribution in [3.05, 3.63) is 60.1 Å². The summed E-state index contributed by atoms with van der Waals surface area (Å²) in [6.07, 6.45) is 1.73. The summed E-state index contributed by atoms with van der Waals surface area (Å²) >= 11 is 0. The van der Waals surface area contributed by atoms with Crippen molar-refractivity contribution in [2.75, 3.05) is 26.7 Å². The monoisotopic (exact) mass is 286 g/mol. The van der Waals surface area contributed by atoms with Crippen molar-refractivity contribution >= 4 is 0 Å². The Hall–Kier alpha value is -1.58. The first-order valence-corrected chi connectivity index (χ1v) is 7.61. The van der Waals surface area contributed by atoms with E-state index in [1.165, 1.54) is 5.56 Å². The van der Waals surface area contributed by atoms with Crippen LogP contribution in [0.3, 0.4) is 0 Å². The summed E-state index contributed by atoms with van der Waals surface area (Å²) in [5.41, 5.74) is 1.45. The van der Waals surface area contributed by atoms with E-state index in [2.05, 4.69) is 61.4 Å². The van der Waals surface area contributed by atoms with E-state index >= 15 is 0 Å². The molecule has 21 heavy (non-hydrogen) atoms. The Labute approximate surface area is 128 Å². The zero-order chi connectivity index (χ0) is 15.1. The van der Waals surface area contributed by atoms with Gasteiger partial charge in [0.25, 0.3) is 0 Å². The van der Waals surface area contributed by atoms with Gasteiger partial charge in [0.15, 0.2) is 0 Å². The fourth-order valence-corrected chi connectivity index (χ4v) is 2.81. The highest BCUT2D eigenvalue weighted by Crippen LogP contribution is 2.24. The van der Waals surface area contributed by atoms with Crippen LogP contribution in [-0.2, 0) is 12.0 Å². The minimum atomic E-state index is 0.0820. The van der Waals surface area contributed by atoms with E-state index < -0.39 is 0 Å². The largest absolute Gasteiger partial charge is 0.468 e. The molecule has 3 nitrogen and oxygen atoms in total.